The fraction of sp³-hybridized carbons (Fsp3) is 0.158. The lowest BCUT2D eigenvalue weighted by Crippen LogP contribution is -2.15. The summed E-state index contributed by atoms with van der Waals surface area (Å²) >= 11 is 1.48. The number of ether oxygens (including phenoxy) is 1. The molecule has 3 aromatic rings. The first-order chi connectivity index (χ1) is 13.0. The molecule has 3 rings (SSSR count). The van der Waals surface area contributed by atoms with Crippen LogP contribution in [-0.4, -0.2) is 25.1 Å². The van der Waals surface area contributed by atoms with Crippen molar-refractivity contribution in [2.45, 2.75) is 18.4 Å². The lowest BCUT2D eigenvalue weighted by atomic mass is 10.2. The minimum atomic E-state index is -3.44. The Morgan fingerprint density at radius 1 is 1.19 bits per heavy atom. The first-order valence-corrected chi connectivity index (χ1v) is 10.8. The topological polar surface area (TPSA) is 85.4 Å². The maximum Gasteiger partial charge on any atom is 0.255 e. The van der Waals surface area contributed by atoms with Crippen molar-refractivity contribution in [3.63, 3.8) is 0 Å². The fourth-order valence-corrected chi connectivity index (χ4v) is 3.98. The van der Waals surface area contributed by atoms with E-state index in [4.69, 9.17) is 4.74 Å². The summed E-state index contributed by atoms with van der Waals surface area (Å²) in [6.45, 7) is 1.88. The molecule has 0 bridgehead atoms. The van der Waals surface area contributed by atoms with Gasteiger partial charge in [0.25, 0.3) is 5.91 Å². The van der Waals surface area contributed by atoms with Crippen molar-refractivity contribution in [3.8, 4) is 5.75 Å². The van der Waals surface area contributed by atoms with Crippen molar-refractivity contribution < 1.29 is 17.9 Å². The number of aromatic nitrogens is 1. The van der Waals surface area contributed by atoms with Crippen molar-refractivity contribution in [2.24, 2.45) is 0 Å². The van der Waals surface area contributed by atoms with E-state index in [0.29, 0.717) is 17.9 Å². The quantitative estimate of drug-likeness (QED) is 0.650. The fourth-order valence-electron chi connectivity index (χ4n) is 2.38. The molecule has 1 N–H and O–H groups in total. The van der Waals surface area contributed by atoms with E-state index in [1.807, 2.05) is 5.38 Å². The average Bonchev–Trinajstić information content (AvgIpc) is 3.20. The number of carbonyl (C=O) groups excluding carboxylic acids is 1. The van der Waals surface area contributed by atoms with Crippen LogP contribution in [0.15, 0.2) is 64.3 Å². The molecule has 0 saturated carbocycles. The highest BCUT2D eigenvalue weighted by molar-refractivity contribution is 7.91. The molecular formula is C19H18N2O4S2. The number of hydrogen-bond donors (Lipinski definition) is 1. The maximum absolute atomic E-state index is 12.6. The third-order valence-electron chi connectivity index (χ3n) is 3.82. The molecule has 0 unspecified atom stereocenters. The van der Waals surface area contributed by atoms with Crippen LogP contribution in [0.1, 0.15) is 23.0 Å². The molecule has 0 spiro atoms. The van der Waals surface area contributed by atoms with Crippen molar-refractivity contribution in [1.82, 2.24) is 4.98 Å². The summed E-state index contributed by atoms with van der Waals surface area (Å²) in [5.41, 5.74) is 3.17. The first kappa shape index (κ1) is 19.1. The smallest absolute Gasteiger partial charge is 0.255 e. The average molecular weight is 402 g/mol. The van der Waals surface area contributed by atoms with Gasteiger partial charge in [-0.3, -0.25) is 4.79 Å². The monoisotopic (exact) mass is 402 g/mol. The van der Waals surface area contributed by atoms with E-state index in [0.717, 1.165) is 5.69 Å². The third-order valence-corrected chi connectivity index (χ3v) is 6.24. The lowest BCUT2D eigenvalue weighted by molar-refractivity contribution is 0.102. The van der Waals surface area contributed by atoms with Gasteiger partial charge in [0, 0.05) is 10.9 Å². The zero-order valence-corrected chi connectivity index (χ0v) is 16.2. The molecule has 140 valence electrons. The molecule has 0 radical (unpaired) electrons. The molecule has 0 aliphatic heterocycles. The third kappa shape index (κ3) is 4.72. The van der Waals surface area contributed by atoms with Gasteiger partial charge < -0.3 is 10.1 Å². The van der Waals surface area contributed by atoms with Crippen LogP contribution in [0.5, 0.6) is 5.75 Å². The number of thiazole rings is 1. The van der Waals surface area contributed by atoms with E-state index in [9.17, 15) is 13.2 Å². The summed E-state index contributed by atoms with van der Waals surface area (Å²) in [7, 11) is -3.44. The Labute approximate surface area is 161 Å². The first-order valence-electron chi connectivity index (χ1n) is 8.22. The predicted molar refractivity (Wildman–Crippen MR) is 105 cm³/mol. The zero-order valence-electron chi connectivity index (χ0n) is 14.6. The number of para-hydroxylation sites is 1. The zero-order chi connectivity index (χ0) is 19.3. The van der Waals surface area contributed by atoms with E-state index in [-0.39, 0.29) is 16.3 Å². The van der Waals surface area contributed by atoms with Gasteiger partial charge in [-0.2, -0.15) is 0 Å². The van der Waals surface area contributed by atoms with Crippen molar-refractivity contribution in [1.29, 1.82) is 0 Å². The highest BCUT2D eigenvalue weighted by Crippen LogP contribution is 2.23. The number of rotatable bonds is 7. The number of carbonyl (C=O) groups is 1. The van der Waals surface area contributed by atoms with Gasteiger partial charge in [-0.15, -0.1) is 11.3 Å². The molecule has 0 aliphatic rings. The van der Waals surface area contributed by atoms with Gasteiger partial charge in [0.15, 0.2) is 9.84 Å². The van der Waals surface area contributed by atoms with Gasteiger partial charge in [-0.1, -0.05) is 25.1 Å². The minimum Gasteiger partial charge on any atom is -0.487 e. The Balaban J connectivity index is 1.76. The molecule has 0 saturated heterocycles. The molecule has 1 amide bonds. The van der Waals surface area contributed by atoms with Gasteiger partial charge in [0.05, 0.1) is 27.5 Å². The Hall–Kier alpha value is -2.71. The van der Waals surface area contributed by atoms with Crippen molar-refractivity contribution in [2.75, 3.05) is 11.1 Å². The van der Waals surface area contributed by atoms with Gasteiger partial charge >= 0.3 is 0 Å². The molecule has 27 heavy (non-hydrogen) atoms. The number of nitrogens with zero attached hydrogens (tertiary/aromatic N) is 1. The van der Waals surface area contributed by atoms with Crippen LogP contribution in [0.25, 0.3) is 0 Å². The summed E-state index contributed by atoms with van der Waals surface area (Å²) in [6.07, 6.45) is 0. The number of benzene rings is 2. The molecule has 1 aromatic heterocycles. The number of amides is 1. The van der Waals surface area contributed by atoms with Crippen LogP contribution >= 0.6 is 11.3 Å². The van der Waals surface area contributed by atoms with E-state index in [1.165, 1.54) is 17.4 Å². The number of nitrogens with one attached hydrogen (secondary N) is 1. The summed E-state index contributed by atoms with van der Waals surface area (Å²) in [5, 5.41) is 4.57. The van der Waals surface area contributed by atoms with Crippen LogP contribution in [-0.2, 0) is 16.4 Å². The second-order valence-corrected chi connectivity index (χ2v) is 8.62. The molecule has 8 heteroatoms. The molecule has 0 aliphatic carbocycles. The summed E-state index contributed by atoms with van der Waals surface area (Å²) < 4.78 is 30.1. The predicted octanol–water partition coefficient (Wildman–Crippen LogP) is 3.77. The Morgan fingerprint density at radius 3 is 2.74 bits per heavy atom. The molecular weight excluding hydrogens is 384 g/mol. The molecule has 0 fully saturated rings. The summed E-state index contributed by atoms with van der Waals surface area (Å²) in [6, 6.07) is 13.1. The lowest BCUT2D eigenvalue weighted by Gasteiger charge is -2.11. The summed E-state index contributed by atoms with van der Waals surface area (Å²) in [5.74, 6) is 0.0813. The van der Waals surface area contributed by atoms with E-state index < -0.39 is 15.7 Å². The summed E-state index contributed by atoms with van der Waals surface area (Å²) in [4.78, 5) is 16.8. The van der Waals surface area contributed by atoms with Gasteiger partial charge in [-0.25, -0.2) is 13.4 Å². The second kappa shape index (κ2) is 8.32. The van der Waals surface area contributed by atoms with E-state index >= 15 is 0 Å². The molecule has 0 atom stereocenters. The molecule has 6 nitrogen and oxygen atoms in total. The van der Waals surface area contributed by atoms with Crippen LogP contribution < -0.4 is 10.1 Å². The van der Waals surface area contributed by atoms with Crippen molar-refractivity contribution >= 4 is 32.8 Å². The number of anilines is 1. The number of sulfone groups is 1. The molecule has 1 heterocycles. The largest absolute Gasteiger partial charge is 0.487 e. The standard InChI is InChI=1S/C19H18N2O4S2/c1-2-27(23,24)18-9-4-3-8-17(18)21-19(22)14-6-5-7-16(10-14)25-11-15-12-26-13-20-15/h3-10,12-13H,2,11H2,1H3,(H,21,22). The van der Waals surface area contributed by atoms with Gasteiger partial charge in [0.2, 0.25) is 0 Å². The Bertz CT molecular complexity index is 1030. The maximum atomic E-state index is 12.6. The van der Waals surface area contributed by atoms with Gasteiger partial charge in [0.1, 0.15) is 12.4 Å². The SMILES string of the molecule is CCS(=O)(=O)c1ccccc1NC(=O)c1cccc(OCc2cscn2)c1. The number of hydrogen-bond acceptors (Lipinski definition) is 6. The van der Waals surface area contributed by atoms with Crippen LogP contribution in [0.2, 0.25) is 0 Å². The Kier molecular flexibility index (Phi) is 5.88. The minimum absolute atomic E-state index is 0.0418. The second-order valence-electron chi connectivity index (χ2n) is 5.65. The van der Waals surface area contributed by atoms with Gasteiger partial charge in [-0.05, 0) is 30.3 Å². The van der Waals surface area contributed by atoms with E-state index in [1.54, 1.807) is 54.9 Å². The van der Waals surface area contributed by atoms with E-state index in [2.05, 4.69) is 10.3 Å². The highest BCUT2D eigenvalue weighted by Gasteiger charge is 2.18. The van der Waals surface area contributed by atoms with Crippen LogP contribution in [0.4, 0.5) is 5.69 Å². The van der Waals surface area contributed by atoms with Crippen LogP contribution in [0, 0.1) is 0 Å². The van der Waals surface area contributed by atoms with Crippen molar-refractivity contribution in [3.05, 3.63) is 70.7 Å². The molecule has 2 aromatic carbocycles. The highest BCUT2D eigenvalue weighted by atomic mass is 32.2. The normalized spacial score (nSPS) is 11.1. The Morgan fingerprint density at radius 2 is 2.00 bits per heavy atom. The van der Waals surface area contributed by atoms with Crippen LogP contribution in [0.3, 0.4) is 0 Å².